The van der Waals surface area contributed by atoms with Gasteiger partial charge in [0, 0.05) is 15.8 Å². The molecule has 0 unspecified atom stereocenters. The molecule has 0 atom stereocenters. The number of carbonyl (C=O) groups excluding carboxylic acids is 1. The van der Waals surface area contributed by atoms with Gasteiger partial charge in [0.1, 0.15) is 4.83 Å². The molecule has 9 heteroatoms. The topological polar surface area (TPSA) is 90.9 Å². The van der Waals surface area contributed by atoms with Crippen LogP contribution in [0.2, 0.25) is 0 Å². The van der Waals surface area contributed by atoms with Crippen molar-refractivity contribution in [3.63, 3.8) is 0 Å². The highest BCUT2D eigenvalue weighted by atomic mass is 32.2. The van der Waals surface area contributed by atoms with Gasteiger partial charge in [-0.2, -0.15) is 0 Å². The summed E-state index contributed by atoms with van der Waals surface area (Å²) in [6.07, 6.45) is 4.14. The molecule has 152 valence electrons. The molecular weight excluding hydrogens is 436 g/mol. The number of thioether (sulfide) groups is 1. The molecule has 1 amide bonds. The molecule has 0 spiro atoms. The zero-order chi connectivity index (χ0) is 20.7. The van der Waals surface area contributed by atoms with Crippen LogP contribution in [0.15, 0.2) is 45.7 Å². The van der Waals surface area contributed by atoms with Crippen molar-refractivity contribution in [3.8, 4) is 16.4 Å². The highest BCUT2D eigenvalue weighted by Crippen LogP contribution is 2.35. The number of aromatic nitrogens is 3. The van der Waals surface area contributed by atoms with Crippen LogP contribution in [0.5, 0.6) is 0 Å². The maximum absolute atomic E-state index is 13.6. The van der Waals surface area contributed by atoms with Crippen molar-refractivity contribution in [3.05, 3.63) is 56.5 Å². The Morgan fingerprint density at radius 2 is 1.97 bits per heavy atom. The smallest absolute Gasteiger partial charge is 0.269 e. The third-order valence-corrected chi connectivity index (χ3v) is 8.03. The molecule has 0 aliphatic heterocycles. The molecule has 0 saturated heterocycles. The highest BCUT2D eigenvalue weighted by Gasteiger charge is 2.24. The van der Waals surface area contributed by atoms with Gasteiger partial charge in [0.15, 0.2) is 10.3 Å². The minimum absolute atomic E-state index is 0.0555. The van der Waals surface area contributed by atoms with Crippen LogP contribution in [0.1, 0.15) is 23.3 Å². The summed E-state index contributed by atoms with van der Waals surface area (Å²) in [6, 6.07) is 9.85. The van der Waals surface area contributed by atoms with Crippen LogP contribution in [0.4, 0.5) is 0 Å². The molecule has 0 fully saturated rings. The molecule has 2 N–H and O–H groups in total. The second kappa shape index (κ2) is 7.98. The van der Waals surface area contributed by atoms with E-state index >= 15 is 0 Å². The van der Waals surface area contributed by atoms with Crippen LogP contribution in [0.25, 0.3) is 26.6 Å². The number of nitrogens with two attached hydrogens (primary N) is 1. The summed E-state index contributed by atoms with van der Waals surface area (Å²) in [5.41, 5.74) is 8.17. The Morgan fingerprint density at radius 3 is 2.77 bits per heavy atom. The summed E-state index contributed by atoms with van der Waals surface area (Å²) in [5, 5.41) is 3.65. The van der Waals surface area contributed by atoms with Gasteiger partial charge in [0.05, 0.1) is 16.8 Å². The van der Waals surface area contributed by atoms with Crippen LogP contribution in [-0.2, 0) is 17.6 Å². The van der Waals surface area contributed by atoms with Crippen molar-refractivity contribution >= 4 is 50.6 Å². The third-order valence-electron chi connectivity index (χ3n) is 5.05. The van der Waals surface area contributed by atoms with Crippen molar-refractivity contribution in [2.24, 2.45) is 5.73 Å². The Balaban J connectivity index is 1.70. The Labute approximate surface area is 184 Å². The number of rotatable bonds is 5. The van der Waals surface area contributed by atoms with Gasteiger partial charge >= 0.3 is 0 Å². The van der Waals surface area contributed by atoms with E-state index < -0.39 is 5.91 Å². The quantitative estimate of drug-likeness (QED) is 0.363. The van der Waals surface area contributed by atoms with Crippen molar-refractivity contribution in [2.75, 3.05) is 5.75 Å². The van der Waals surface area contributed by atoms with Crippen LogP contribution < -0.4 is 11.3 Å². The standard InChI is InChI=1S/C21H18N4O2S3/c22-16(26)11-29-21-24-18-17(13-8-4-5-9-15(13)30-18)19(27)25(21)20-23-14(10-28-20)12-6-2-1-3-7-12/h1-3,6-7,10H,4-5,8-9,11H2,(H2,22,26). The number of hydrogen-bond acceptors (Lipinski definition) is 7. The summed E-state index contributed by atoms with van der Waals surface area (Å²) in [5.74, 6) is -0.393. The highest BCUT2D eigenvalue weighted by molar-refractivity contribution is 7.99. The maximum Gasteiger partial charge on any atom is 0.269 e. The average molecular weight is 455 g/mol. The molecule has 1 aromatic carbocycles. The van der Waals surface area contributed by atoms with Gasteiger partial charge in [0.2, 0.25) is 5.91 Å². The summed E-state index contributed by atoms with van der Waals surface area (Å²) in [7, 11) is 0. The molecule has 1 aliphatic carbocycles. The van der Waals surface area contributed by atoms with E-state index in [0.29, 0.717) is 15.7 Å². The number of fused-ring (bicyclic) bond motifs is 3. The predicted molar refractivity (Wildman–Crippen MR) is 123 cm³/mol. The maximum atomic E-state index is 13.6. The van der Waals surface area contributed by atoms with Gasteiger partial charge in [-0.3, -0.25) is 9.59 Å². The number of amides is 1. The molecule has 6 nitrogen and oxygen atoms in total. The predicted octanol–water partition coefficient (Wildman–Crippen LogP) is 4.03. The van der Waals surface area contributed by atoms with E-state index in [0.717, 1.165) is 47.3 Å². The lowest BCUT2D eigenvalue weighted by molar-refractivity contribution is -0.115. The minimum atomic E-state index is -0.449. The fraction of sp³-hybridized carbons (Fsp3) is 0.238. The first-order valence-electron chi connectivity index (χ1n) is 9.61. The van der Waals surface area contributed by atoms with Crippen molar-refractivity contribution in [1.82, 2.24) is 14.5 Å². The zero-order valence-electron chi connectivity index (χ0n) is 16.0. The molecule has 4 aromatic rings. The molecule has 3 heterocycles. The summed E-state index contributed by atoms with van der Waals surface area (Å²) < 4.78 is 1.55. The minimum Gasteiger partial charge on any atom is -0.369 e. The molecule has 3 aromatic heterocycles. The van der Waals surface area contributed by atoms with E-state index in [2.05, 4.69) is 0 Å². The fourth-order valence-electron chi connectivity index (χ4n) is 3.70. The first-order chi connectivity index (χ1) is 14.6. The number of hydrogen-bond donors (Lipinski definition) is 1. The molecular formula is C21H18N4O2S3. The van der Waals surface area contributed by atoms with Crippen LogP contribution >= 0.6 is 34.4 Å². The van der Waals surface area contributed by atoms with Crippen LogP contribution in [-0.4, -0.2) is 26.2 Å². The number of aryl methyl sites for hydroxylation is 2. The van der Waals surface area contributed by atoms with Gasteiger partial charge in [-0.1, -0.05) is 42.1 Å². The number of carbonyl (C=O) groups is 1. The molecule has 0 bridgehead atoms. The third kappa shape index (κ3) is 3.46. The lowest BCUT2D eigenvalue weighted by atomic mass is 9.97. The van der Waals surface area contributed by atoms with Gasteiger partial charge in [-0.15, -0.1) is 22.7 Å². The summed E-state index contributed by atoms with van der Waals surface area (Å²) in [4.78, 5) is 36.5. The lowest BCUT2D eigenvalue weighted by Gasteiger charge is -2.11. The second-order valence-electron chi connectivity index (χ2n) is 7.06. The first kappa shape index (κ1) is 19.5. The Bertz CT molecular complexity index is 1310. The van der Waals surface area contributed by atoms with Crippen LogP contribution in [0.3, 0.4) is 0 Å². The molecule has 0 radical (unpaired) electrons. The van der Waals surface area contributed by atoms with Gasteiger partial charge in [-0.25, -0.2) is 14.5 Å². The number of benzene rings is 1. The average Bonchev–Trinajstić information content (AvgIpc) is 3.37. The molecule has 30 heavy (non-hydrogen) atoms. The van der Waals surface area contributed by atoms with Crippen molar-refractivity contribution < 1.29 is 4.79 Å². The Hall–Kier alpha value is -2.49. The Morgan fingerprint density at radius 1 is 1.17 bits per heavy atom. The van der Waals surface area contributed by atoms with Gasteiger partial charge in [0.25, 0.3) is 5.56 Å². The normalized spacial score (nSPS) is 13.5. The van der Waals surface area contributed by atoms with E-state index in [4.69, 9.17) is 15.7 Å². The second-order valence-corrected chi connectivity index (χ2v) is 9.92. The van der Waals surface area contributed by atoms with Crippen molar-refractivity contribution in [2.45, 2.75) is 30.8 Å². The fourth-order valence-corrected chi connectivity index (χ4v) is 6.62. The number of nitrogens with zero attached hydrogens (tertiary/aromatic N) is 3. The summed E-state index contributed by atoms with van der Waals surface area (Å²) >= 11 is 4.17. The SMILES string of the molecule is NC(=O)CSc1nc2sc3c(c2c(=O)n1-c1nc(-c2ccccc2)cs1)CCCC3. The lowest BCUT2D eigenvalue weighted by Crippen LogP contribution is -2.23. The van der Waals surface area contributed by atoms with E-state index in [-0.39, 0.29) is 11.3 Å². The Kier molecular flexibility index (Phi) is 5.18. The zero-order valence-corrected chi connectivity index (χ0v) is 18.4. The monoisotopic (exact) mass is 454 g/mol. The number of thiophene rings is 1. The first-order valence-corrected chi connectivity index (χ1v) is 12.3. The largest absolute Gasteiger partial charge is 0.369 e. The number of primary amides is 1. The van der Waals surface area contributed by atoms with E-state index in [1.807, 2.05) is 35.7 Å². The van der Waals surface area contributed by atoms with Crippen molar-refractivity contribution in [1.29, 1.82) is 0 Å². The van der Waals surface area contributed by atoms with E-state index in [1.54, 1.807) is 15.9 Å². The van der Waals surface area contributed by atoms with E-state index in [9.17, 15) is 9.59 Å². The summed E-state index contributed by atoms with van der Waals surface area (Å²) in [6.45, 7) is 0. The van der Waals surface area contributed by atoms with Gasteiger partial charge < -0.3 is 5.73 Å². The molecule has 0 saturated carbocycles. The van der Waals surface area contributed by atoms with Crippen LogP contribution in [0, 0.1) is 0 Å². The van der Waals surface area contributed by atoms with E-state index in [1.165, 1.54) is 28.0 Å². The molecule has 5 rings (SSSR count). The number of thiazole rings is 1. The molecule has 1 aliphatic rings. The van der Waals surface area contributed by atoms with Gasteiger partial charge in [-0.05, 0) is 31.2 Å².